The Bertz CT molecular complexity index is 353. The minimum absolute atomic E-state index is 0.219. The molecule has 3 N–H and O–H groups in total. The smallest absolute Gasteiger partial charge is 0.314 e. The maximum atomic E-state index is 11.1. The summed E-state index contributed by atoms with van der Waals surface area (Å²) in [5.41, 5.74) is 1.87. The Morgan fingerprint density at radius 1 is 1.38 bits per heavy atom. The van der Waals surface area contributed by atoms with Crippen LogP contribution in [0.25, 0.3) is 0 Å². The number of aryl methyl sites for hydroxylation is 1. The third-order valence-electron chi connectivity index (χ3n) is 2.34. The molecule has 88 valence electrons. The second kappa shape index (κ2) is 6.12. The molecular weight excluding hydrogens is 204 g/mol. The highest BCUT2D eigenvalue weighted by Crippen LogP contribution is 2.15. The van der Waals surface area contributed by atoms with E-state index in [1.807, 2.05) is 38.1 Å². The molecule has 1 aromatic rings. The van der Waals surface area contributed by atoms with Crippen molar-refractivity contribution >= 4 is 6.03 Å². The van der Waals surface area contributed by atoms with Crippen molar-refractivity contribution in [3.05, 3.63) is 35.4 Å². The molecule has 0 aromatic heterocycles. The highest BCUT2D eigenvalue weighted by Gasteiger charge is 2.10. The number of carbonyl (C=O) groups excluding carboxylic acids is 1. The molecule has 4 heteroatoms. The number of hydrogen-bond acceptors (Lipinski definition) is 2. The van der Waals surface area contributed by atoms with Crippen molar-refractivity contribution in [1.29, 1.82) is 0 Å². The van der Waals surface area contributed by atoms with Gasteiger partial charge >= 0.3 is 6.03 Å². The molecule has 1 aromatic carbocycles. The second-order valence-corrected chi connectivity index (χ2v) is 3.61. The van der Waals surface area contributed by atoms with Crippen LogP contribution in [0.4, 0.5) is 4.79 Å². The van der Waals surface area contributed by atoms with Crippen LogP contribution in [0.5, 0.6) is 0 Å². The summed E-state index contributed by atoms with van der Waals surface area (Å²) in [4.78, 5) is 11.1. The highest BCUT2D eigenvalue weighted by atomic mass is 16.3. The molecule has 16 heavy (non-hydrogen) atoms. The summed E-state index contributed by atoms with van der Waals surface area (Å²) < 4.78 is 0. The topological polar surface area (TPSA) is 61.4 Å². The zero-order chi connectivity index (χ0) is 12.0. The Labute approximate surface area is 95.7 Å². The van der Waals surface area contributed by atoms with Gasteiger partial charge in [0.2, 0.25) is 0 Å². The Balaban J connectivity index is 2.50. The fourth-order valence-corrected chi connectivity index (χ4v) is 1.48. The summed E-state index contributed by atoms with van der Waals surface area (Å²) in [6.07, 6.45) is -0.663. The Hall–Kier alpha value is -1.55. The van der Waals surface area contributed by atoms with E-state index in [-0.39, 0.29) is 12.6 Å². The lowest BCUT2D eigenvalue weighted by Crippen LogP contribution is -2.37. The second-order valence-electron chi connectivity index (χ2n) is 3.61. The lowest BCUT2D eigenvalue weighted by Gasteiger charge is -2.14. The van der Waals surface area contributed by atoms with Crippen LogP contribution in [-0.2, 0) is 0 Å². The number of benzene rings is 1. The molecule has 4 nitrogen and oxygen atoms in total. The monoisotopic (exact) mass is 222 g/mol. The van der Waals surface area contributed by atoms with Gasteiger partial charge in [-0.25, -0.2) is 4.79 Å². The third kappa shape index (κ3) is 3.55. The van der Waals surface area contributed by atoms with Gasteiger partial charge in [-0.2, -0.15) is 0 Å². The molecule has 0 fully saturated rings. The van der Waals surface area contributed by atoms with Crippen LogP contribution in [0, 0.1) is 6.92 Å². The number of amides is 2. The first-order chi connectivity index (χ1) is 7.65. The van der Waals surface area contributed by atoms with E-state index in [1.165, 1.54) is 0 Å². The third-order valence-corrected chi connectivity index (χ3v) is 2.34. The molecule has 0 aliphatic heterocycles. The summed E-state index contributed by atoms with van der Waals surface area (Å²) in [5, 5.41) is 15.1. The fraction of sp³-hybridized carbons (Fsp3) is 0.417. The molecule has 0 heterocycles. The zero-order valence-electron chi connectivity index (χ0n) is 9.66. The van der Waals surface area contributed by atoms with Crippen LogP contribution < -0.4 is 10.6 Å². The summed E-state index contributed by atoms with van der Waals surface area (Å²) in [6.45, 7) is 4.57. The van der Waals surface area contributed by atoms with Gasteiger partial charge in [-0.3, -0.25) is 0 Å². The van der Waals surface area contributed by atoms with Crippen molar-refractivity contribution in [3.63, 3.8) is 0 Å². The van der Waals surface area contributed by atoms with Gasteiger partial charge in [0.25, 0.3) is 0 Å². The largest absolute Gasteiger partial charge is 0.387 e. The Kier molecular flexibility index (Phi) is 4.79. The molecule has 0 bridgehead atoms. The van der Waals surface area contributed by atoms with Crippen LogP contribution in [0.2, 0.25) is 0 Å². The number of aliphatic hydroxyl groups is 1. The van der Waals surface area contributed by atoms with Gasteiger partial charge in [0.1, 0.15) is 0 Å². The summed E-state index contributed by atoms with van der Waals surface area (Å²) in [5.74, 6) is 0. The first-order valence-corrected chi connectivity index (χ1v) is 5.40. The van der Waals surface area contributed by atoms with Crippen molar-refractivity contribution in [3.8, 4) is 0 Å². The number of hydrogen-bond donors (Lipinski definition) is 3. The van der Waals surface area contributed by atoms with Crippen molar-refractivity contribution < 1.29 is 9.90 Å². The van der Waals surface area contributed by atoms with E-state index in [9.17, 15) is 9.90 Å². The van der Waals surface area contributed by atoms with E-state index in [1.54, 1.807) is 0 Å². The molecule has 0 aliphatic carbocycles. The minimum atomic E-state index is -0.663. The molecule has 0 aliphatic rings. The SMILES string of the molecule is CCNC(=O)NCC(O)c1ccccc1C. The number of rotatable bonds is 4. The zero-order valence-corrected chi connectivity index (χ0v) is 9.66. The van der Waals surface area contributed by atoms with Crippen molar-refractivity contribution in [2.24, 2.45) is 0 Å². The minimum Gasteiger partial charge on any atom is -0.387 e. The lowest BCUT2D eigenvalue weighted by atomic mass is 10.0. The van der Waals surface area contributed by atoms with Crippen molar-refractivity contribution in [1.82, 2.24) is 10.6 Å². The van der Waals surface area contributed by atoms with Gasteiger partial charge in [0.15, 0.2) is 0 Å². The maximum Gasteiger partial charge on any atom is 0.314 e. The number of carbonyl (C=O) groups is 1. The van der Waals surface area contributed by atoms with Gasteiger partial charge in [0, 0.05) is 13.1 Å². The van der Waals surface area contributed by atoms with E-state index >= 15 is 0 Å². The molecule has 0 spiro atoms. The molecule has 2 amide bonds. The quantitative estimate of drug-likeness (QED) is 0.720. The van der Waals surface area contributed by atoms with Gasteiger partial charge in [-0.05, 0) is 25.0 Å². The van der Waals surface area contributed by atoms with Crippen LogP contribution in [0.1, 0.15) is 24.2 Å². The number of nitrogens with one attached hydrogen (secondary N) is 2. The van der Waals surface area contributed by atoms with Gasteiger partial charge in [0.05, 0.1) is 6.10 Å². The highest BCUT2D eigenvalue weighted by molar-refractivity contribution is 5.73. The van der Waals surface area contributed by atoms with Crippen LogP contribution >= 0.6 is 0 Å². The molecular formula is C12H18N2O2. The molecule has 1 rings (SSSR count). The normalized spacial score (nSPS) is 11.9. The van der Waals surface area contributed by atoms with E-state index < -0.39 is 6.10 Å². The van der Waals surface area contributed by atoms with Crippen LogP contribution in [0.3, 0.4) is 0 Å². The van der Waals surface area contributed by atoms with Crippen LogP contribution in [0.15, 0.2) is 24.3 Å². The molecule has 1 atom stereocenters. The molecule has 1 unspecified atom stereocenters. The Morgan fingerprint density at radius 2 is 2.06 bits per heavy atom. The molecule has 0 saturated heterocycles. The standard InChI is InChI=1S/C12H18N2O2/c1-3-13-12(16)14-8-11(15)10-7-5-4-6-9(10)2/h4-7,11,15H,3,8H2,1-2H3,(H2,13,14,16). The van der Waals surface area contributed by atoms with Crippen molar-refractivity contribution in [2.75, 3.05) is 13.1 Å². The summed E-state index contributed by atoms with van der Waals surface area (Å²) in [7, 11) is 0. The molecule has 0 radical (unpaired) electrons. The van der Waals surface area contributed by atoms with Gasteiger partial charge in [-0.1, -0.05) is 24.3 Å². The first-order valence-electron chi connectivity index (χ1n) is 5.40. The summed E-state index contributed by atoms with van der Waals surface area (Å²) in [6, 6.07) is 7.33. The molecule has 0 saturated carbocycles. The van der Waals surface area contributed by atoms with Gasteiger partial charge in [-0.15, -0.1) is 0 Å². The lowest BCUT2D eigenvalue weighted by molar-refractivity contribution is 0.172. The maximum absolute atomic E-state index is 11.1. The number of urea groups is 1. The van der Waals surface area contributed by atoms with Crippen LogP contribution in [-0.4, -0.2) is 24.2 Å². The van der Waals surface area contributed by atoms with E-state index in [4.69, 9.17) is 0 Å². The van der Waals surface area contributed by atoms with Gasteiger partial charge < -0.3 is 15.7 Å². The average molecular weight is 222 g/mol. The predicted octanol–water partition coefficient (Wildman–Crippen LogP) is 1.35. The van der Waals surface area contributed by atoms with E-state index in [2.05, 4.69) is 10.6 Å². The average Bonchev–Trinajstić information content (AvgIpc) is 2.27. The summed E-state index contributed by atoms with van der Waals surface area (Å²) >= 11 is 0. The first kappa shape index (κ1) is 12.5. The van der Waals surface area contributed by atoms with E-state index in [0.717, 1.165) is 11.1 Å². The number of aliphatic hydroxyl groups excluding tert-OH is 1. The van der Waals surface area contributed by atoms with E-state index in [0.29, 0.717) is 6.54 Å². The Morgan fingerprint density at radius 3 is 2.69 bits per heavy atom. The fourth-order valence-electron chi connectivity index (χ4n) is 1.48. The van der Waals surface area contributed by atoms with Crippen molar-refractivity contribution in [2.45, 2.75) is 20.0 Å². The predicted molar refractivity (Wildman–Crippen MR) is 63.2 cm³/mol.